The third-order valence-corrected chi connectivity index (χ3v) is 2.77. The number of aliphatic imine (C=N–C) groups is 1. The van der Waals surface area contributed by atoms with E-state index >= 15 is 0 Å². The van der Waals surface area contributed by atoms with Crippen molar-refractivity contribution in [3.8, 4) is 0 Å². The van der Waals surface area contributed by atoms with E-state index in [2.05, 4.69) is 36.4 Å². The number of guanidine groups is 1. The minimum Gasteiger partial charge on any atom is -0.352 e. The first-order valence-corrected chi connectivity index (χ1v) is 7.12. The van der Waals surface area contributed by atoms with Crippen LogP contribution in [0.4, 0.5) is 4.39 Å². The number of hydrogen-bond acceptors (Lipinski definition) is 2. The maximum absolute atomic E-state index is 13.7. The molecule has 6 heteroatoms. The topological polar surface area (TPSA) is 39.7 Å². The van der Waals surface area contributed by atoms with Crippen molar-refractivity contribution in [2.45, 2.75) is 39.4 Å². The summed E-state index contributed by atoms with van der Waals surface area (Å²) in [5.74, 6) is 0.575. The van der Waals surface area contributed by atoms with Crippen molar-refractivity contribution in [3.05, 3.63) is 35.1 Å². The molecule has 22 heavy (non-hydrogen) atoms. The van der Waals surface area contributed by atoms with Crippen molar-refractivity contribution < 1.29 is 4.39 Å². The van der Waals surface area contributed by atoms with Crippen LogP contribution in [0.2, 0.25) is 0 Å². The summed E-state index contributed by atoms with van der Waals surface area (Å²) >= 11 is 0. The lowest BCUT2D eigenvalue weighted by Gasteiger charge is -2.23. The Labute approximate surface area is 150 Å². The summed E-state index contributed by atoms with van der Waals surface area (Å²) in [6.45, 7) is 7.43. The van der Waals surface area contributed by atoms with Gasteiger partial charge in [-0.25, -0.2) is 4.39 Å². The van der Waals surface area contributed by atoms with Gasteiger partial charge in [0.1, 0.15) is 5.82 Å². The van der Waals surface area contributed by atoms with Gasteiger partial charge in [0.25, 0.3) is 0 Å². The first-order valence-electron chi connectivity index (χ1n) is 7.12. The number of rotatable bonds is 4. The van der Waals surface area contributed by atoms with Gasteiger partial charge < -0.3 is 15.5 Å². The fraction of sp³-hybridized carbons (Fsp3) is 0.562. The lowest BCUT2D eigenvalue weighted by atomic mass is 10.1. The maximum atomic E-state index is 13.7. The Morgan fingerprint density at radius 2 is 1.91 bits per heavy atom. The highest BCUT2D eigenvalue weighted by Crippen LogP contribution is 2.12. The Kier molecular flexibility index (Phi) is 8.92. The number of nitrogens with one attached hydrogen (secondary N) is 2. The molecule has 0 aliphatic carbocycles. The Hall–Kier alpha value is -0.890. The van der Waals surface area contributed by atoms with Crippen LogP contribution in [0.1, 0.15) is 31.9 Å². The number of benzene rings is 1. The Morgan fingerprint density at radius 1 is 1.27 bits per heavy atom. The molecule has 126 valence electrons. The summed E-state index contributed by atoms with van der Waals surface area (Å²) in [4.78, 5) is 6.14. The molecule has 0 saturated carbocycles. The minimum atomic E-state index is -0.162. The van der Waals surface area contributed by atoms with Crippen LogP contribution in [0, 0.1) is 5.82 Å². The summed E-state index contributed by atoms with van der Waals surface area (Å²) in [6, 6.07) is 5.22. The lowest BCUT2D eigenvalue weighted by molar-refractivity contribution is 0.392. The van der Waals surface area contributed by atoms with Crippen molar-refractivity contribution in [1.29, 1.82) is 0 Å². The van der Waals surface area contributed by atoms with Crippen LogP contribution in [0.3, 0.4) is 0 Å². The zero-order valence-electron chi connectivity index (χ0n) is 14.3. The fourth-order valence-electron chi connectivity index (χ4n) is 1.92. The molecule has 0 fully saturated rings. The van der Waals surface area contributed by atoms with E-state index < -0.39 is 0 Å². The van der Waals surface area contributed by atoms with Crippen molar-refractivity contribution in [2.75, 3.05) is 21.1 Å². The maximum Gasteiger partial charge on any atom is 0.191 e. The Balaban J connectivity index is 0.00000441. The monoisotopic (exact) mass is 422 g/mol. The molecule has 0 spiro atoms. The molecule has 1 aromatic rings. The average Bonchev–Trinajstić information content (AvgIpc) is 2.36. The molecule has 0 saturated heterocycles. The first kappa shape index (κ1) is 21.1. The predicted octanol–water partition coefficient (Wildman–Crippen LogP) is 2.97. The zero-order valence-corrected chi connectivity index (χ0v) is 16.7. The van der Waals surface area contributed by atoms with Gasteiger partial charge in [0.2, 0.25) is 0 Å². The van der Waals surface area contributed by atoms with Gasteiger partial charge in [0, 0.05) is 31.2 Å². The summed E-state index contributed by atoms with van der Waals surface area (Å²) in [5.41, 5.74) is 1.68. The second-order valence-corrected chi connectivity index (χ2v) is 6.46. The summed E-state index contributed by atoms with van der Waals surface area (Å²) in [5, 5.41) is 6.54. The number of nitrogens with zero attached hydrogens (tertiary/aromatic N) is 2. The molecule has 0 aliphatic heterocycles. The molecule has 0 bridgehead atoms. The van der Waals surface area contributed by atoms with Gasteiger partial charge in [-0.05, 0) is 52.6 Å². The van der Waals surface area contributed by atoms with Gasteiger partial charge in [-0.3, -0.25) is 4.99 Å². The van der Waals surface area contributed by atoms with E-state index in [-0.39, 0.29) is 35.3 Å². The van der Waals surface area contributed by atoms with E-state index in [9.17, 15) is 4.39 Å². The van der Waals surface area contributed by atoms with Gasteiger partial charge in [-0.15, -0.1) is 24.0 Å². The Bertz CT molecular complexity index is 495. The highest BCUT2D eigenvalue weighted by atomic mass is 127. The number of halogens is 2. The van der Waals surface area contributed by atoms with Gasteiger partial charge in [-0.2, -0.15) is 0 Å². The van der Waals surface area contributed by atoms with Crippen molar-refractivity contribution in [1.82, 2.24) is 15.5 Å². The molecule has 0 aliphatic rings. The van der Waals surface area contributed by atoms with Crippen LogP contribution in [-0.2, 0) is 13.1 Å². The van der Waals surface area contributed by atoms with Gasteiger partial charge in [-0.1, -0.05) is 6.07 Å². The molecule has 0 atom stereocenters. The van der Waals surface area contributed by atoms with Crippen LogP contribution in [0.5, 0.6) is 0 Å². The van der Waals surface area contributed by atoms with Crippen LogP contribution >= 0.6 is 24.0 Å². The van der Waals surface area contributed by atoms with E-state index in [1.54, 1.807) is 13.1 Å². The van der Waals surface area contributed by atoms with E-state index in [4.69, 9.17) is 0 Å². The second-order valence-electron chi connectivity index (χ2n) is 6.46. The molecule has 0 radical (unpaired) electrons. The molecule has 4 nitrogen and oxygen atoms in total. The fourth-order valence-corrected chi connectivity index (χ4v) is 1.92. The van der Waals surface area contributed by atoms with E-state index in [0.29, 0.717) is 18.7 Å². The number of hydrogen-bond donors (Lipinski definition) is 2. The smallest absolute Gasteiger partial charge is 0.191 e. The van der Waals surface area contributed by atoms with Crippen molar-refractivity contribution >= 4 is 29.9 Å². The van der Waals surface area contributed by atoms with E-state index in [0.717, 1.165) is 11.5 Å². The van der Waals surface area contributed by atoms with E-state index in [1.807, 2.05) is 25.1 Å². The van der Waals surface area contributed by atoms with Crippen LogP contribution < -0.4 is 10.6 Å². The highest BCUT2D eigenvalue weighted by molar-refractivity contribution is 14.0. The molecule has 0 unspecified atom stereocenters. The summed E-state index contributed by atoms with van der Waals surface area (Å²) < 4.78 is 13.7. The molecular formula is C16H28FIN4. The first-order chi connectivity index (χ1) is 9.71. The van der Waals surface area contributed by atoms with Gasteiger partial charge in [0.05, 0.1) is 0 Å². The molecule has 1 aromatic carbocycles. The molecule has 0 amide bonds. The van der Waals surface area contributed by atoms with Gasteiger partial charge >= 0.3 is 0 Å². The largest absolute Gasteiger partial charge is 0.352 e. The minimum absolute atomic E-state index is 0. The van der Waals surface area contributed by atoms with Crippen molar-refractivity contribution in [2.24, 2.45) is 4.99 Å². The lowest BCUT2D eigenvalue weighted by Crippen LogP contribution is -2.47. The summed E-state index contributed by atoms with van der Waals surface area (Å²) in [7, 11) is 5.60. The van der Waals surface area contributed by atoms with Crippen LogP contribution in [-0.4, -0.2) is 37.5 Å². The predicted molar refractivity (Wildman–Crippen MR) is 102 cm³/mol. The molecule has 0 aromatic heterocycles. The van der Waals surface area contributed by atoms with Crippen LogP contribution in [0.25, 0.3) is 0 Å². The molecule has 2 N–H and O–H groups in total. The Morgan fingerprint density at radius 3 is 2.41 bits per heavy atom. The average molecular weight is 422 g/mol. The molecular weight excluding hydrogens is 394 g/mol. The standard InChI is InChI=1S/C16H27FN4.HI/c1-16(2,3)20-15(18-4)19-10-12-7-8-14(17)13(9-12)11-21(5)6;/h7-9H,10-11H2,1-6H3,(H2,18,19,20);1H. The quantitative estimate of drug-likeness (QED) is 0.445. The summed E-state index contributed by atoms with van der Waals surface area (Å²) in [6.07, 6.45) is 0. The van der Waals surface area contributed by atoms with Gasteiger partial charge in [0.15, 0.2) is 5.96 Å². The second kappa shape index (κ2) is 9.29. The molecule has 0 heterocycles. The SMILES string of the molecule is CN=C(NCc1ccc(F)c(CN(C)C)c1)NC(C)(C)C.I. The molecule has 1 rings (SSSR count). The van der Waals surface area contributed by atoms with Crippen LogP contribution in [0.15, 0.2) is 23.2 Å². The van der Waals surface area contributed by atoms with Crippen molar-refractivity contribution in [3.63, 3.8) is 0 Å². The third-order valence-electron chi connectivity index (χ3n) is 2.77. The normalized spacial score (nSPS) is 12.1. The highest BCUT2D eigenvalue weighted by Gasteiger charge is 2.12. The van der Waals surface area contributed by atoms with E-state index in [1.165, 1.54) is 6.07 Å². The third kappa shape index (κ3) is 7.93. The zero-order chi connectivity index (χ0) is 16.0.